The van der Waals surface area contributed by atoms with E-state index in [-0.39, 0.29) is 5.75 Å². The highest BCUT2D eigenvalue weighted by Gasteiger charge is 2.07. The van der Waals surface area contributed by atoms with Crippen LogP contribution in [0.3, 0.4) is 0 Å². The zero-order chi connectivity index (χ0) is 18.7. The van der Waals surface area contributed by atoms with E-state index in [1.807, 2.05) is 30.3 Å². The van der Waals surface area contributed by atoms with Crippen LogP contribution in [-0.4, -0.2) is 39.9 Å². The molecule has 2 aromatic carbocycles. The van der Waals surface area contributed by atoms with Gasteiger partial charge in [0, 0.05) is 58.6 Å². The monoisotopic (exact) mass is 387 g/mol. The van der Waals surface area contributed by atoms with Crippen LogP contribution in [0.1, 0.15) is 19.4 Å². The zero-order valence-electron chi connectivity index (χ0n) is 15.0. The van der Waals surface area contributed by atoms with Crippen LogP contribution in [0.25, 0.3) is 10.2 Å². The SMILES string of the molecule is CCN(CC)c1ccc(/C=N/c2nc3ccc(S(C)=O)cc3s2)c(O)c1. The molecular formula is C19H21N3O2S2. The van der Waals surface area contributed by atoms with Gasteiger partial charge in [-0.05, 0) is 44.2 Å². The molecule has 0 saturated carbocycles. The van der Waals surface area contributed by atoms with Crippen LogP contribution in [0.4, 0.5) is 10.8 Å². The molecule has 0 spiro atoms. The van der Waals surface area contributed by atoms with Gasteiger partial charge in [-0.1, -0.05) is 11.3 Å². The lowest BCUT2D eigenvalue weighted by Crippen LogP contribution is -2.21. The van der Waals surface area contributed by atoms with Crippen molar-refractivity contribution in [1.82, 2.24) is 4.98 Å². The predicted octanol–water partition coefficient (Wildman–Crippen LogP) is 4.34. The summed E-state index contributed by atoms with van der Waals surface area (Å²) in [6, 6.07) is 11.2. The fraction of sp³-hybridized carbons (Fsp3) is 0.263. The number of benzene rings is 2. The Morgan fingerprint density at radius 3 is 2.65 bits per heavy atom. The van der Waals surface area contributed by atoms with Crippen molar-refractivity contribution in [3.63, 3.8) is 0 Å². The van der Waals surface area contributed by atoms with E-state index in [0.717, 1.165) is 33.9 Å². The maximum absolute atomic E-state index is 11.6. The summed E-state index contributed by atoms with van der Waals surface area (Å²) in [4.78, 5) is 11.8. The van der Waals surface area contributed by atoms with Gasteiger partial charge in [0.25, 0.3) is 0 Å². The van der Waals surface area contributed by atoms with Crippen LogP contribution in [0, 0.1) is 0 Å². The molecule has 5 nitrogen and oxygen atoms in total. The molecule has 3 rings (SSSR count). The molecular weight excluding hydrogens is 366 g/mol. The lowest BCUT2D eigenvalue weighted by molar-refractivity contribution is 0.474. The first-order valence-electron chi connectivity index (χ1n) is 8.37. The summed E-state index contributed by atoms with van der Waals surface area (Å²) in [7, 11) is -1.02. The molecule has 0 fully saturated rings. The van der Waals surface area contributed by atoms with Crippen molar-refractivity contribution in [3.8, 4) is 5.75 Å². The van der Waals surface area contributed by atoms with E-state index in [4.69, 9.17) is 0 Å². The molecule has 1 heterocycles. The largest absolute Gasteiger partial charge is 0.507 e. The molecule has 0 aliphatic rings. The quantitative estimate of drug-likeness (QED) is 0.639. The minimum Gasteiger partial charge on any atom is -0.507 e. The Hall–Kier alpha value is -2.25. The lowest BCUT2D eigenvalue weighted by Gasteiger charge is -2.21. The molecule has 1 unspecified atom stereocenters. The van der Waals surface area contributed by atoms with Gasteiger partial charge in [-0.25, -0.2) is 9.98 Å². The van der Waals surface area contributed by atoms with Gasteiger partial charge in [0.15, 0.2) is 0 Å². The standard InChI is InChI=1S/C19H21N3O2S2/c1-4-22(5-2)14-7-6-13(17(23)10-14)12-20-19-21-16-9-8-15(26(3)24)11-18(16)25-19/h6-12,23H,4-5H2,1-3H3/b20-12+. The number of anilines is 1. The molecule has 1 aromatic heterocycles. The number of aromatic hydroxyl groups is 1. The number of rotatable bonds is 6. The highest BCUT2D eigenvalue weighted by molar-refractivity contribution is 7.84. The van der Waals surface area contributed by atoms with Gasteiger partial charge in [0.05, 0.1) is 10.2 Å². The van der Waals surface area contributed by atoms with Crippen LogP contribution in [0.15, 0.2) is 46.3 Å². The average Bonchev–Trinajstić information content (AvgIpc) is 3.04. The second kappa shape index (κ2) is 7.97. The molecule has 1 N–H and O–H groups in total. The van der Waals surface area contributed by atoms with E-state index in [1.54, 1.807) is 18.5 Å². The smallest absolute Gasteiger partial charge is 0.210 e. The molecule has 0 radical (unpaired) electrons. The number of hydrogen-bond donors (Lipinski definition) is 1. The summed E-state index contributed by atoms with van der Waals surface area (Å²) >= 11 is 1.44. The van der Waals surface area contributed by atoms with Gasteiger partial charge in [-0.3, -0.25) is 4.21 Å². The van der Waals surface area contributed by atoms with Crippen molar-refractivity contribution in [2.45, 2.75) is 18.7 Å². The van der Waals surface area contributed by atoms with Crippen molar-refractivity contribution in [2.24, 2.45) is 4.99 Å². The van der Waals surface area contributed by atoms with E-state index in [9.17, 15) is 9.32 Å². The molecule has 26 heavy (non-hydrogen) atoms. The zero-order valence-corrected chi connectivity index (χ0v) is 16.6. The number of fused-ring (bicyclic) bond motifs is 1. The van der Waals surface area contributed by atoms with Crippen molar-refractivity contribution < 1.29 is 9.32 Å². The highest BCUT2D eigenvalue weighted by atomic mass is 32.2. The molecule has 7 heteroatoms. The maximum atomic E-state index is 11.6. The first-order valence-corrected chi connectivity index (χ1v) is 10.7. The number of thiazole rings is 1. The van der Waals surface area contributed by atoms with Gasteiger partial charge in [-0.2, -0.15) is 0 Å². The van der Waals surface area contributed by atoms with E-state index in [2.05, 4.69) is 28.7 Å². The molecule has 0 aliphatic carbocycles. The first kappa shape index (κ1) is 18.5. The van der Waals surface area contributed by atoms with Gasteiger partial charge >= 0.3 is 0 Å². The summed E-state index contributed by atoms with van der Waals surface area (Å²) in [6.07, 6.45) is 3.28. The number of phenolic OH excluding ortho intramolecular Hbond substituents is 1. The molecule has 0 saturated heterocycles. The van der Waals surface area contributed by atoms with E-state index >= 15 is 0 Å². The van der Waals surface area contributed by atoms with Gasteiger partial charge < -0.3 is 10.0 Å². The Kier molecular flexibility index (Phi) is 5.68. The van der Waals surface area contributed by atoms with Crippen molar-refractivity contribution in [1.29, 1.82) is 0 Å². The van der Waals surface area contributed by atoms with E-state index in [1.165, 1.54) is 11.3 Å². The van der Waals surface area contributed by atoms with Gasteiger partial charge in [0.1, 0.15) is 5.75 Å². The van der Waals surface area contributed by atoms with Crippen LogP contribution in [0.2, 0.25) is 0 Å². The molecule has 0 bridgehead atoms. The summed E-state index contributed by atoms with van der Waals surface area (Å²) in [5.41, 5.74) is 2.47. The molecule has 0 aliphatic heterocycles. The number of hydrogen-bond acceptors (Lipinski definition) is 6. The van der Waals surface area contributed by atoms with Crippen LogP contribution < -0.4 is 4.90 Å². The third kappa shape index (κ3) is 3.94. The minimum absolute atomic E-state index is 0.197. The second-order valence-electron chi connectivity index (χ2n) is 5.75. The summed E-state index contributed by atoms with van der Waals surface area (Å²) in [5, 5.41) is 10.9. The third-order valence-corrected chi connectivity index (χ3v) is 5.98. The Balaban J connectivity index is 1.85. The van der Waals surface area contributed by atoms with E-state index in [0.29, 0.717) is 10.7 Å². The second-order valence-corrected chi connectivity index (χ2v) is 8.14. The van der Waals surface area contributed by atoms with Crippen LogP contribution in [0.5, 0.6) is 5.75 Å². The van der Waals surface area contributed by atoms with Crippen LogP contribution in [-0.2, 0) is 10.8 Å². The number of aromatic nitrogens is 1. The third-order valence-electron chi connectivity index (χ3n) is 4.14. The molecule has 136 valence electrons. The fourth-order valence-electron chi connectivity index (χ4n) is 2.68. The normalized spacial score (nSPS) is 12.7. The topological polar surface area (TPSA) is 65.8 Å². The summed E-state index contributed by atoms with van der Waals surface area (Å²) < 4.78 is 12.5. The molecule has 3 aromatic rings. The van der Waals surface area contributed by atoms with Gasteiger partial charge in [-0.15, -0.1) is 0 Å². The summed E-state index contributed by atoms with van der Waals surface area (Å²) in [6.45, 7) is 5.95. The molecule has 0 amide bonds. The number of aliphatic imine (C=N–C) groups is 1. The number of nitrogens with zero attached hydrogens (tertiary/aromatic N) is 3. The fourth-order valence-corrected chi connectivity index (χ4v) is 4.15. The number of phenols is 1. The summed E-state index contributed by atoms with van der Waals surface area (Å²) in [5.74, 6) is 0.197. The predicted molar refractivity (Wildman–Crippen MR) is 111 cm³/mol. The van der Waals surface area contributed by atoms with Crippen LogP contribution >= 0.6 is 11.3 Å². The average molecular weight is 388 g/mol. The Bertz CT molecular complexity index is 978. The van der Waals surface area contributed by atoms with Crippen molar-refractivity contribution >= 4 is 49.4 Å². The molecule has 1 atom stereocenters. The Morgan fingerprint density at radius 1 is 1.23 bits per heavy atom. The van der Waals surface area contributed by atoms with E-state index < -0.39 is 10.8 Å². The van der Waals surface area contributed by atoms with Crippen molar-refractivity contribution in [3.05, 3.63) is 42.0 Å². The Labute approximate surface area is 159 Å². The minimum atomic E-state index is -1.02. The maximum Gasteiger partial charge on any atom is 0.210 e. The Morgan fingerprint density at radius 2 is 2.00 bits per heavy atom. The van der Waals surface area contributed by atoms with Crippen molar-refractivity contribution in [2.75, 3.05) is 24.2 Å². The highest BCUT2D eigenvalue weighted by Crippen LogP contribution is 2.30. The lowest BCUT2D eigenvalue weighted by atomic mass is 10.2. The van der Waals surface area contributed by atoms with Gasteiger partial charge in [0.2, 0.25) is 5.13 Å². The first-order chi connectivity index (χ1) is 12.5.